The molecule has 2 aromatic carbocycles. The summed E-state index contributed by atoms with van der Waals surface area (Å²) in [5.41, 5.74) is 1.71. The third-order valence-corrected chi connectivity index (χ3v) is 5.41. The summed E-state index contributed by atoms with van der Waals surface area (Å²) in [6.45, 7) is 5.90. The van der Waals surface area contributed by atoms with Gasteiger partial charge in [0.1, 0.15) is 11.6 Å². The fourth-order valence-electron chi connectivity index (χ4n) is 3.61. The molecule has 0 aromatic heterocycles. The Bertz CT molecular complexity index is 995. The minimum Gasteiger partial charge on any atom is -0.334 e. The van der Waals surface area contributed by atoms with Gasteiger partial charge < -0.3 is 10.2 Å². The van der Waals surface area contributed by atoms with Crippen LogP contribution >= 0.6 is 11.6 Å². The van der Waals surface area contributed by atoms with Crippen molar-refractivity contribution in [2.24, 2.45) is 0 Å². The van der Waals surface area contributed by atoms with Gasteiger partial charge in [0.2, 0.25) is 11.8 Å². The maximum absolute atomic E-state index is 13.9. The topological polar surface area (TPSA) is 52.7 Å². The highest BCUT2D eigenvalue weighted by Crippen LogP contribution is 2.26. The van der Waals surface area contributed by atoms with Crippen molar-refractivity contribution in [2.45, 2.75) is 26.4 Å². The third-order valence-electron chi connectivity index (χ3n) is 5.12. The second kappa shape index (κ2) is 10.0. The van der Waals surface area contributed by atoms with Crippen molar-refractivity contribution in [1.29, 1.82) is 0 Å². The summed E-state index contributed by atoms with van der Waals surface area (Å²) in [7, 11) is 0. The van der Waals surface area contributed by atoms with E-state index in [-0.39, 0.29) is 28.7 Å². The molecule has 1 saturated heterocycles. The van der Waals surface area contributed by atoms with Crippen LogP contribution in [0, 0.1) is 11.6 Å². The number of amides is 2. The summed E-state index contributed by atoms with van der Waals surface area (Å²) in [6, 6.07) is 8.89. The lowest BCUT2D eigenvalue weighted by Crippen LogP contribution is -2.53. The first kappa shape index (κ1) is 22.9. The number of benzene rings is 2. The molecule has 164 valence electrons. The first-order valence-electron chi connectivity index (χ1n) is 9.95. The van der Waals surface area contributed by atoms with Crippen LogP contribution in [-0.2, 0) is 16.1 Å². The molecule has 0 spiro atoms. The number of halogens is 3. The molecule has 3 rings (SSSR count). The van der Waals surface area contributed by atoms with Gasteiger partial charge in [-0.1, -0.05) is 23.7 Å². The van der Waals surface area contributed by atoms with E-state index in [1.54, 1.807) is 17.0 Å². The monoisotopic (exact) mass is 447 g/mol. The van der Waals surface area contributed by atoms with Gasteiger partial charge in [-0.05, 0) is 42.8 Å². The molecule has 1 atom stereocenters. The number of hydrogen-bond acceptors (Lipinski definition) is 3. The molecule has 1 heterocycles. The summed E-state index contributed by atoms with van der Waals surface area (Å²) < 4.78 is 27.0. The van der Waals surface area contributed by atoms with Gasteiger partial charge in [0, 0.05) is 56.5 Å². The fraction of sp³-hybridized carbons (Fsp3) is 0.304. The standard InChI is InChI=1S/C23H24ClF2N3O2/c1-15-13-28(14-17-3-6-19(25)7-4-17)9-10-29(15)23(31)8-5-18-11-21(26)20(24)12-22(18)27-16(2)30/h3-8,11-12,15H,9-10,13-14H2,1-2H3,(H,27,30)/b8-5+. The van der Waals surface area contributed by atoms with Crippen molar-refractivity contribution in [3.63, 3.8) is 0 Å². The fourth-order valence-corrected chi connectivity index (χ4v) is 3.77. The number of carbonyl (C=O) groups excluding carboxylic acids is 2. The molecule has 8 heteroatoms. The predicted molar refractivity (Wildman–Crippen MR) is 118 cm³/mol. The zero-order valence-corrected chi connectivity index (χ0v) is 18.1. The minimum atomic E-state index is -0.634. The molecule has 1 N–H and O–H groups in total. The highest BCUT2D eigenvalue weighted by Gasteiger charge is 2.26. The molecular weight excluding hydrogens is 424 g/mol. The van der Waals surface area contributed by atoms with E-state index in [0.717, 1.165) is 5.56 Å². The first-order chi connectivity index (χ1) is 14.7. The Morgan fingerprint density at radius 1 is 1.19 bits per heavy atom. The number of nitrogens with one attached hydrogen (secondary N) is 1. The van der Waals surface area contributed by atoms with Gasteiger partial charge in [0.05, 0.1) is 5.02 Å². The van der Waals surface area contributed by atoms with Gasteiger partial charge in [-0.25, -0.2) is 8.78 Å². The highest BCUT2D eigenvalue weighted by molar-refractivity contribution is 6.31. The molecule has 1 aliphatic rings. The van der Waals surface area contributed by atoms with Crippen LogP contribution in [0.25, 0.3) is 6.08 Å². The maximum Gasteiger partial charge on any atom is 0.246 e. The zero-order valence-electron chi connectivity index (χ0n) is 17.4. The molecule has 31 heavy (non-hydrogen) atoms. The van der Waals surface area contributed by atoms with Crippen LogP contribution in [0.1, 0.15) is 25.0 Å². The summed E-state index contributed by atoms with van der Waals surface area (Å²) >= 11 is 5.80. The van der Waals surface area contributed by atoms with Crippen molar-refractivity contribution >= 4 is 35.2 Å². The van der Waals surface area contributed by atoms with E-state index in [2.05, 4.69) is 10.2 Å². The van der Waals surface area contributed by atoms with Crippen LogP contribution in [0.5, 0.6) is 0 Å². The predicted octanol–water partition coefficient (Wildman–Crippen LogP) is 4.32. The smallest absolute Gasteiger partial charge is 0.246 e. The van der Waals surface area contributed by atoms with Gasteiger partial charge in [-0.2, -0.15) is 0 Å². The largest absolute Gasteiger partial charge is 0.334 e. The Labute approximate surface area is 185 Å². The Hall–Kier alpha value is -2.77. The van der Waals surface area contributed by atoms with E-state index >= 15 is 0 Å². The molecule has 0 aliphatic carbocycles. The molecular formula is C23H24ClF2N3O2. The van der Waals surface area contributed by atoms with Gasteiger partial charge in [-0.15, -0.1) is 0 Å². The van der Waals surface area contributed by atoms with Crippen LogP contribution in [0.4, 0.5) is 14.5 Å². The van der Waals surface area contributed by atoms with Crippen LogP contribution in [-0.4, -0.2) is 47.3 Å². The molecule has 0 radical (unpaired) electrons. The lowest BCUT2D eigenvalue weighted by Gasteiger charge is -2.39. The van der Waals surface area contributed by atoms with Crippen molar-refractivity contribution in [3.05, 3.63) is 70.3 Å². The number of piperazine rings is 1. The minimum absolute atomic E-state index is 0.0249. The molecule has 0 bridgehead atoms. The van der Waals surface area contributed by atoms with Crippen molar-refractivity contribution < 1.29 is 18.4 Å². The van der Waals surface area contributed by atoms with E-state index in [1.807, 2.05) is 6.92 Å². The second-order valence-electron chi connectivity index (χ2n) is 7.61. The average Bonchev–Trinajstić information content (AvgIpc) is 2.71. The Kier molecular flexibility index (Phi) is 7.41. The quantitative estimate of drug-likeness (QED) is 0.694. The van der Waals surface area contributed by atoms with Crippen molar-refractivity contribution in [2.75, 3.05) is 25.0 Å². The lowest BCUT2D eigenvalue weighted by atomic mass is 10.1. The Morgan fingerprint density at radius 3 is 2.55 bits per heavy atom. The van der Waals surface area contributed by atoms with E-state index in [1.165, 1.54) is 43.3 Å². The normalized spacial score (nSPS) is 17.2. The summed E-state index contributed by atoms with van der Waals surface area (Å²) in [5.74, 6) is -1.42. The summed E-state index contributed by atoms with van der Waals surface area (Å²) in [6.07, 6.45) is 2.85. The van der Waals surface area contributed by atoms with Crippen molar-refractivity contribution in [1.82, 2.24) is 9.80 Å². The van der Waals surface area contributed by atoms with Crippen molar-refractivity contribution in [3.8, 4) is 0 Å². The first-order valence-corrected chi connectivity index (χ1v) is 10.3. The van der Waals surface area contributed by atoms with Crippen LogP contribution < -0.4 is 5.32 Å². The third kappa shape index (κ3) is 6.12. The maximum atomic E-state index is 13.9. The van der Waals surface area contributed by atoms with Crippen LogP contribution in [0.3, 0.4) is 0 Å². The Morgan fingerprint density at radius 2 is 1.90 bits per heavy atom. The highest BCUT2D eigenvalue weighted by atomic mass is 35.5. The molecule has 5 nitrogen and oxygen atoms in total. The molecule has 1 unspecified atom stereocenters. The van der Waals surface area contributed by atoms with E-state index < -0.39 is 5.82 Å². The van der Waals surface area contributed by atoms with Gasteiger partial charge in [0.25, 0.3) is 0 Å². The molecule has 2 amide bonds. The molecule has 0 saturated carbocycles. The van der Waals surface area contributed by atoms with E-state index in [4.69, 9.17) is 11.6 Å². The van der Waals surface area contributed by atoms with Gasteiger partial charge in [-0.3, -0.25) is 14.5 Å². The van der Waals surface area contributed by atoms with E-state index in [0.29, 0.717) is 37.4 Å². The number of anilines is 1. The van der Waals surface area contributed by atoms with Gasteiger partial charge >= 0.3 is 0 Å². The number of rotatable bonds is 5. The molecule has 2 aromatic rings. The van der Waals surface area contributed by atoms with Crippen LogP contribution in [0.2, 0.25) is 5.02 Å². The second-order valence-corrected chi connectivity index (χ2v) is 8.02. The lowest BCUT2D eigenvalue weighted by molar-refractivity contribution is -0.130. The molecule has 1 fully saturated rings. The SMILES string of the molecule is CC(=O)Nc1cc(Cl)c(F)cc1/C=C/C(=O)N1CCN(Cc2ccc(F)cc2)CC1C. The van der Waals surface area contributed by atoms with E-state index in [9.17, 15) is 18.4 Å². The van der Waals surface area contributed by atoms with Gasteiger partial charge in [0.15, 0.2) is 0 Å². The molecule has 1 aliphatic heterocycles. The number of hydrogen-bond donors (Lipinski definition) is 1. The number of carbonyl (C=O) groups is 2. The zero-order chi connectivity index (χ0) is 22.5. The van der Waals surface area contributed by atoms with Crippen LogP contribution in [0.15, 0.2) is 42.5 Å². The average molecular weight is 448 g/mol. The summed E-state index contributed by atoms with van der Waals surface area (Å²) in [4.78, 5) is 28.1. The Balaban J connectivity index is 1.65. The summed E-state index contributed by atoms with van der Waals surface area (Å²) in [5, 5.41) is 2.48. The number of nitrogens with zero attached hydrogens (tertiary/aromatic N) is 2.